The Morgan fingerprint density at radius 3 is 2.58 bits per heavy atom. The van der Waals surface area contributed by atoms with Crippen LogP contribution in [-0.2, 0) is 4.79 Å². The summed E-state index contributed by atoms with van der Waals surface area (Å²) in [6.45, 7) is 1.56. The van der Waals surface area contributed by atoms with Crippen LogP contribution in [0.5, 0.6) is 0 Å². The third kappa shape index (κ3) is 1.11. The molecule has 1 heterocycles. The number of nitrogens with two attached hydrogens (primary N) is 1. The molecule has 1 aliphatic carbocycles. The number of likely N-dealkylation sites (tertiary alicyclic amines) is 1. The molecule has 3 N–H and O–H groups in total. The highest BCUT2D eigenvalue weighted by molar-refractivity contribution is 5.89. The zero-order valence-corrected chi connectivity index (χ0v) is 6.99. The molecule has 1 aliphatic heterocycles. The van der Waals surface area contributed by atoms with E-state index in [0.29, 0.717) is 13.1 Å². The molecular formula is C8H14N2O2. The molecule has 2 fully saturated rings. The van der Waals surface area contributed by atoms with Crippen LogP contribution >= 0.6 is 0 Å². The minimum Gasteiger partial charge on any atom is -0.396 e. The van der Waals surface area contributed by atoms with Crippen molar-refractivity contribution in [3.63, 3.8) is 0 Å². The van der Waals surface area contributed by atoms with Gasteiger partial charge in [-0.05, 0) is 12.8 Å². The average molecular weight is 170 g/mol. The van der Waals surface area contributed by atoms with E-state index in [1.807, 2.05) is 0 Å². The van der Waals surface area contributed by atoms with E-state index in [9.17, 15) is 4.79 Å². The summed E-state index contributed by atoms with van der Waals surface area (Å²) in [5, 5.41) is 8.73. The first-order chi connectivity index (χ1) is 5.65. The van der Waals surface area contributed by atoms with E-state index >= 15 is 0 Å². The Balaban J connectivity index is 1.84. The SMILES string of the molecule is NC1(C(=O)N2CC(CO)C2)CC1. The van der Waals surface area contributed by atoms with Crippen molar-refractivity contribution < 1.29 is 9.90 Å². The van der Waals surface area contributed by atoms with Gasteiger partial charge in [-0.1, -0.05) is 0 Å². The lowest BCUT2D eigenvalue weighted by Crippen LogP contribution is -2.57. The van der Waals surface area contributed by atoms with Gasteiger partial charge >= 0.3 is 0 Å². The number of aliphatic hydroxyl groups excluding tert-OH is 1. The van der Waals surface area contributed by atoms with Gasteiger partial charge in [-0.25, -0.2) is 0 Å². The van der Waals surface area contributed by atoms with Crippen LogP contribution in [0.15, 0.2) is 0 Å². The Morgan fingerprint density at radius 1 is 1.58 bits per heavy atom. The lowest BCUT2D eigenvalue weighted by Gasteiger charge is -2.39. The van der Waals surface area contributed by atoms with Crippen LogP contribution in [0.25, 0.3) is 0 Å². The molecule has 4 heteroatoms. The van der Waals surface area contributed by atoms with E-state index in [4.69, 9.17) is 10.8 Å². The summed E-state index contributed by atoms with van der Waals surface area (Å²) in [6, 6.07) is 0. The largest absolute Gasteiger partial charge is 0.396 e. The zero-order valence-electron chi connectivity index (χ0n) is 6.99. The van der Waals surface area contributed by atoms with E-state index in [1.165, 1.54) is 0 Å². The predicted molar refractivity (Wildman–Crippen MR) is 43.3 cm³/mol. The molecule has 0 unspecified atom stereocenters. The topological polar surface area (TPSA) is 66.6 Å². The number of hydrogen-bond donors (Lipinski definition) is 2. The molecule has 68 valence electrons. The average Bonchev–Trinajstić information content (AvgIpc) is 2.67. The number of hydrogen-bond acceptors (Lipinski definition) is 3. The summed E-state index contributed by atoms with van der Waals surface area (Å²) < 4.78 is 0. The smallest absolute Gasteiger partial charge is 0.242 e. The maximum Gasteiger partial charge on any atom is 0.242 e. The fourth-order valence-electron chi connectivity index (χ4n) is 1.51. The molecule has 1 saturated carbocycles. The van der Waals surface area contributed by atoms with Crippen LogP contribution in [0.1, 0.15) is 12.8 Å². The molecule has 0 radical (unpaired) electrons. The Hall–Kier alpha value is -0.610. The molecule has 0 aromatic heterocycles. The molecular weight excluding hydrogens is 156 g/mol. The van der Waals surface area contributed by atoms with Crippen LogP contribution < -0.4 is 5.73 Å². The molecule has 0 aromatic carbocycles. The highest BCUT2D eigenvalue weighted by atomic mass is 16.3. The predicted octanol–water partition coefficient (Wildman–Crippen LogP) is -1.07. The maximum atomic E-state index is 11.5. The summed E-state index contributed by atoms with van der Waals surface area (Å²) in [6.07, 6.45) is 1.65. The van der Waals surface area contributed by atoms with E-state index in [-0.39, 0.29) is 18.4 Å². The van der Waals surface area contributed by atoms with Crippen molar-refractivity contribution in [2.24, 2.45) is 11.7 Å². The molecule has 2 aliphatic rings. The summed E-state index contributed by atoms with van der Waals surface area (Å²) in [7, 11) is 0. The molecule has 0 bridgehead atoms. The Kier molecular flexibility index (Phi) is 1.63. The molecule has 0 aromatic rings. The van der Waals surface area contributed by atoms with Crippen molar-refractivity contribution in [1.29, 1.82) is 0 Å². The molecule has 2 rings (SSSR count). The fourth-order valence-corrected chi connectivity index (χ4v) is 1.51. The Labute approximate surface area is 71.3 Å². The quantitative estimate of drug-likeness (QED) is 0.554. The normalized spacial score (nSPS) is 26.7. The van der Waals surface area contributed by atoms with Crippen LogP contribution in [0.4, 0.5) is 0 Å². The number of carbonyl (C=O) groups excluding carboxylic acids is 1. The molecule has 1 saturated heterocycles. The lowest BCUT2D eigenvalue weighted by molar-refractivity contribution is -0.140. The van der Waals surface area contributed by atoms with Gasteiger partial charge in [0, 0.05) is 25.6 Å². The monoisotopic (exact) mass is 170 g/mol. The highest BCUT2D eigenvalue weighted by Crippen LogP contribution is 2.35. The zero-order chi connectivity index (χ0) is 8.77. The number of aliphatic hydroxyl groups is 1. The number of carbonyl (C=O) groups is 1. The first-order valence-electron chi connectivity index (χ1n) is 4.35. The van der Waals surface area contributed by atoms with E-state index in [2.05, 4.69) is 0 Å². The van der Waals surface area contributed by atoms with Crippen LogP contribution in [0.2, 0.25) is 0 Å². The third-order valence-corrected chi connectivity index (χ3v) is 2.72. The summed E-state index contributed by atoms with van der Waals surface area (Å²) in [5.74, 6) is 0.364. The van der Waals surface area contributed by atoms with Gasteiger partial charge in [0.1, 0.15) is 0 Å². The molecule has 4 nitrogen and oxygen atoms in total. The van der Waals surface area contributed by atoms with Gasteiger partial charge in [-0.2, -0.15) is 0 Å². The first kappa shape index (κ1) is 8.01. The second-order valence-corrected chi connectivity index (χ2v) is 3.91. The Bertz CT molecular complexity index is 207. The number of amides is 1. The van der Waals surface area contributed by atoms with Crippen LogP contribution in [0, 0.1) is 5.92 Å². The van der Waals surface area contributed by atoms with Crippen molar-refractivity contribution in [2.45, 2.75) is 18.4 Å². The molecule has 0 atom stereocenters. The van der Waals surface area contributed by atoms with Gasteiger partial charge in [0.25, 0.3) is 0 Å². The number of rotatable bonds is 2. The van der Waals surface area contributed by atoms with Crippen molar-refractivity contribution in [3.8, 4) is 0 Å². The summed E-state index contributed by atoms with van der Waals surface area (Å²) in [4.78, 5) is 13.2. The fraction of sp³-hybridized carbons (Fsp3) is 0.875. The second kappa shape index (κ2) is 2.44. The minimum atomic E-state index is -0.527. The minimum absolute atomic E-state index is 0.0761. The highest BCUT2D eigenvalue weighted by Gasteiger charge is 2.50. The van der Waals surface area contributed by atoms with Crippen molar-refractivity contribution in [2.75, 3.05) is 19.7 Å². The summed E-state index contributed by atoms with van der Waals surface area (Å²) in [5.41, 5.74) is 5.21. The summed E-state index contributed by atoms with van der Waals surface area (Å²) >= 11 is 0. The first-order valence-corrected chi connectivity index (χ1v) is 4.35. The molecule has 1 amide bonds. The van der Waals surface area contributed by atoms with Crippen molar-refractivity contribution >= 4 is 5.91 Å². The van der Waals surface area contributed by atoms with Gasteiger partial charge in [-0.3, -0.25) is 4.79 Å². The van der Waals surface area contributed by atoms with Gasteiger partial charge in [0.2, 0.25) is 5.91 Å². The number of nitrogens with zero attached hydrogens (tertiary/aromatic N) is 1. The third-order valence-electron chi connectivity index (χ3n) is 2.72. The van der Waals surface area contributed by atoms with E-state index in [1.54, 1.807) is 4.90 Å². The Morgan fingerprint density at radius 2 is 2.17 bits per heavy atom. The van der Waals surface area contributed by atoms with Gasteiger partial charge in [-0.15, -0.1) is 0 Å². The lowest BCUT2D eigenvalue weighted by atomic mass is 10.00. The standard InChI is InChI=1S/C8H14N2O2/c9-8(1-2-8)7(12)10-3-6(4-10)5-11/h6,11H,1-5,9H2. The van der Waals surface area contributed by atoms with Gasteiger partial charge in [0.05, 0.1) is 5.54 Å². The molecule has 0 spiro atoms. The van der Waals surface area contributed by atoms with E-state index < -0.39 is 5.54 Å². The van der Waals surface area contributed by atoms with Crippen molar-refractivity contribution in [1.82, 2.24) is 4.90 Å². The van der Waals surface area contributed by atoms with Crippen LogP contribution in [0.3, 0.4) is 0 Å². The van der Waals surface area contributed by atoms with Crippen molar-refractivity contribution in [3.05, 3.63) is 0 Å². The van der Waals surface area contributed by atoms with Crippen LogP contribution in [-0.4, -0.2) is 41.1 Å². The molecule has 12 heavy (non-hydrogen) atoms. The van der Waals surface area contributed by atoms with Gasteiger partial charge in [0.15, 0.2) is 0 Å². The second-order valence-electron chi connectivity index (χ2n) is 3.91. The maximum absolute atomic E-state index is 11.5. The van der Waals surface area contributed by atoms with E-state index in [0.717, 1.165) is 12.8 Å². The van der Waals surface area contributed by atoms with Gasteiger partial charge < -0.3 is 15.7 Å².